The number of methoxy groups -OCH3 is 1. The Hall–Kier alpha value is -1.68. The number of carbonyl (C=O) groups excluding carboxylic acids is 1. The molecule has 5 heteroatoms. The summed E-state index contributed by atoms with van der Waals surface area (Å²) in [5, 5.41) is 0.693. The topological polar surface area (TPSA) is 52.1 Å². The lowest BCUT2D eigenvalue weighted by Gasteiger charge is -2.05. The van der Waals surface area contributed by atoms with Crippen LogP contribution >= 0.6 is 11.6 Å². The van der Waals surface area contributed by atoms with Gasteiger partial charge in [0.2, 0.25) is 5.28 Å². The fraction of sp³-hybridized carbons (Fsp3) is 0.182. The third-order valence-corrected chi connectivity index (χ3v) is 2.45. The van der Waals surface area contributed by atoms with E-state index in [2.05, 4.69) is 14.7 Å². The third-order valence-electron chi connectivity index (χ3n) is 2.28. The molecule has 0 N–H and O–H groups in total. The minimum absolute atomic E-state index is 0.0437. The van der Waals surface area contributed by atoms with Crippen molar-refractivity contribution in [3.05, 3.63) is 34.7 Å². The van der Waals surface area contributed by atoms with Crippen LogP contribution in [0.15, 0.2) is 18.2 Å². The fourth-order valence-electron chi connectivity index (χ4n) is 1.52. The highest BCUT2D eigenvalue weighted by Crippen LogP contribution is 2.21. The van der Waals surface area contributed by atoms with E-state index in [1.165, 1.54) is 7.11 Å². The van der Waals surface area contributed by atoms with Gasteiger partial charge in [0.05, 0.1) is 12.6 Å². The summed E-state index contributed by atoms with van der Waals surface area (Å²) in [4.78, 5) is 19.5. The van der Waals surface area contributed by atoms with Crippen LogP contribution in [0.25, 0.3) is 10.9 Å². The van der Waals surface area contributed by atoms with E-state index in [0.29, 0.717) is 10.9 Å². The Kier molecular flexibility index (Phi) is 2.75. The first kappa shape index (κ1) is 10.8. The van der Waals surface area contributed by atoms with Crippen molar-refractivity contribution in [1.29, 1.82) is 0 Å². The summed E-state index contributed by atoms with van der Waals surface area (Å²) in [5.41, 5.74) is 1.80. The lowest BCUT2D eigenvalue weighted by atomic mass is 10.1. The van der Waals surface area contributed by atoms with Gasteiger partial charge in [-0.25, -0.2) is 14.8 Å². The molecule has 0 aliphatic rings. The number of nitrogens with zero attached hydrogens (tertiary/aromatic N) is 2. The van der Waals surface area contributed by atoms with Gasteiger partial charge in [-0.05, 0) is 24.1 Å². The molecule has 0 aliphatic heterocycles. The first-order valence-electron chi connectivity index (χ1n) is 4.64. The van der Waals surface area contributed by atoms with Gasteiger partial charge in [0.15, 0.2) is 5.69 Å². The van der Waals surface area contributed by atoms with Crippen molar-refractivity contribution in [2.24, 2.45) is 0 Å². The molecule has 2 rings (SSSR count). The van der Waals surface area contributed by atoms with Crippen LogP contribution in [0, 0.1) is 6.92 Å². The van der Waals surface area contributed by atoms with Crippen LogP contribution in [-0.2, 0) is 4.74 Å². The Morgan fingerprint density at radius 1 is 1.38 bits per heavy atom. The zero-order chi connectivity index (χ0) is 11.7. The lowest BCUT2D eigenvalue weighted by molar-refractivity contribution is 0.0596. The molecule has 0 amide bonds. The molecule has 0 saturated carbocycles. The van der Waals surface area contributed by atoms with E-state index in [0.717, 1.165) is 5.56 Å². The molecule has 0 saturated heterocycles. The molecule has 4 nitrogen and oxygen atoms in total. The summed E-state index contributed by atoms with van der Waals surface area (Å²) in [5.74, 6) is -0.514. The summed E-state index contributed by atoms with van der Waals surface area (Å²) in [7, 11) is 1.31. The second kappa shape index (κ2) is 4.06. The van der Waals surface area contributed by atoms with E-state index in [9.17, 15) is 4.79 Å². The van der Waals surface area contributed by atoms with Crippen molar-refractivity contribution in [2.75, 3.05) is 7.11 Å². The zero-order valence-electron chi connectivity index (χ0n) is 8.82. The van der Waals surface area contributed by atoms with E-state index in [4.69, 9.17) is 11.6 Å². The molecule has 0 bridgehead atoms. The standard InChI is InChI=1S/C11H9ClN2O2/c1-6-4-3-5-7-8(6)13-11(12)14-9(7)10(15)16-2/h3-5H,1-2H3. The van der Waals surface area contributed by atoms with Gasteiger partial charge in [-0.15, -0.1) is 0 Å². The lowest BCUT2D eigenvalue weighted by Crippen LogP contribution is -2.06. The molecule has 2 aromatic rings. The van der Waals surface area contributed by atoms with Crippen molar-refractivity contribution in [2.45, 2.75) is 6.92 Å². The molecule has 0 unspecified atom stereocenters. The average Bonchev–Trinajstić information content (AvgIpc) is 2.28. The molecular formula is C11H9ClN2O2. The molecule has 0 spiro atoms. The Bertz CT molecular complexity index is 569. The number of halogens is 1. The largest absolute Gasteiger partial charge is 0.464 e. The average molecular weight is 237 g/mol. The van der Waals surface area contributed by atoms with E-state index >= 15 is 0 Å². The Morgan fingerprint density at radius 3 is 2.81 bits per heavy atom. The Labute approximate surface area is 97.2 Å². The van der Waals surface area contributed by atoms with Gasteiger partial charge in [-0.1, -0.05) is 18.2 Å². The molecule has 1 heterocycles. The maximum absolute atomic E-state index is 11.5. The minimum Gasteiger partial charge on any atom is -0.464 e. The first-order valence-corrected chi connectivity index (χ1v) is 5.02. The van der Waals surface area contributed by atoms with Gasteiger partial charge in [0, 0.05) is 5.39 Å². The smallest absolute Gasteiger partial charge is 0.357 e. The molecular weight excluding hydrogens is 228 g/mol. The van der Waals surface area contributed by atoms with Crippen LogP contribution in [-0.4, -0.2) is 23.0 Å². The zero-order valence-corrected chi connectivity index (χ0v) is 9.58. The monoisotopic (exact) mass is 236 g/mol. The van der Waals surface area contributed by atoms with Crippen molar-refractivity contribution >= 4 is 28.5 Å². The summed E-state index contributed by atoms with van der Waals surface area (Å²) < 4.78 is 4.65. The van der Waals surface area contributed by atoms with E-state index in [1.54, 1.807) is 6.07 Å². The van der Waals surface area contributed by atoms with E-state index in [-0.39, 0.29) is 11.0 Å². The second-order valence-corrected chi connectivity index (χ2v) is 3.64. The number of para-hydroxylation sites is 1. The number of aromatic nitrogens is 2. The Balaban J connectivity index is 2.83. The number of hydrogen-bond acceptors (Lipinski definition) is 4. The van der Waals surface area contributed by atoms with Crippen molar-refractivity contribution in [1.82, 2.24) is 9.97 Å². The molecule has 0 aliphatic carbocycles. The minimum atomic E-state index is -0.514. The predicted octanol–water partition coefficient (Wildman–Crippen LogP) is 2.38. The molecule has 82 valence electrons. The van der Waals surface area contributed by atoms with Gasteiger partial charge >= 0.3 is 5.97 Å². The number of ether oxygens (including phenoxy) is 1. The number of aryl methyl sites for hydroxylation is 1. The number of esters is 1. The van der Waals surface area contributed by atoms with Crippen LogP contribution in [0.3, 0.4) is 0 Å². The fourth-order valence-corrected chi connectivity index (χ4v) is 1.69. The van der Waals surface area contributed by atoms with Crippen LogP contribution in [0.1, 0.15) is 16.1 Å². The highest BCUT2D eigenvalue weighted by molar-refractivity contribution is 6.29. The van der Waals surface area contributed by atoms with Gasteiger partial charge in [-0.2, -0.15) is 0 Å². The van der Waals surface area contributed by atoms with Crippen LogP contribution in [0.2, 0.25) is 5.28 Å². The maximum Gasteiger partial charge on any atom is 0.357 e. The third kappa shape index (κ3) is 1.72. The molecule has 0 radical (unpaired) electrons. The summed E-state index contributed by atoms with van der Waals surface area (Å²) >= 11 is 5.77. The second-order valence-electron chi connectivity index (χ2n) is 3.30. The highest BCUT2D eigenvalue weighted by Gasteiger charge is 2.15. The molecule has 1 aromatic heterocycles. The number of hydrogen-bond donors (Lipinski definition) is 0. The van der Waals surface area contributed by atoms with Gasteiger partial charge in [0.1, 0.15) is 0 Å². The molecule has 16 heavy (non-hydrogen) atoms. The molecule has 0 atom stereocenters. The number of fused-ring (bicyclic) bond motifs is 1. The van der Waals surface area contributed by atoms with Crippen LogP contribution in [0.4, 0.5) is 0 Å². The number of carbonyl (C=O) groups is 1. The molecule has 1 aromatic carbocycles. The summed E-state index contributed by atoms with van der Waals surface area (Å²) in [6, 6.07) is 5.50. The van der Waals surface area contributed by atoms with Crippen LogP contribution < -0.4 is 0 Å². The normalized spacial score (nSPS) is 10.4. The highest BCUT2D eigenvalue weighted by atomic mass is 35.5. The first-order chi connectivity index (χ1) is 7.63. The Morgan fingerprint density at radius 2 is 2.12 bits per heavy atom. The van der Waals surface area contributed by atoms with Crippen LogP contribution in [0.5, 0.6) is 0 Å². The number of rotatable bonds is 1. The number of benzene rings is 1. The molecule has 0 fully saturated rings. The van der Waals surface area contributed by atoms with Gasteiger partial charge in [0.25, 0.3) is 0 Å². The van der Waals surface area contributed by atoms with Gasteiger partial charge in [-0.3, -0.25) is 0 Å². The summed E-state index contributed by atoms with van der Waals surface area (Å²) in [6.07, 6.45) is 0. The van der Waals surface area contributed by atoms with E-state index < -0.39 is 5.97 Å². The van der Waals surface area contributed by atoms with E-state index in [1.807, 2.05) is 19.1 Å². The predicted molar refractivity (Wildman–Crippen MR) is 60.6 cm³/mol. The van der Waals surface area contributed by atoms with Crippen molar-refractivity contribution < 1.29 is 9.53 Å². The maximum atomic E-state index is 11.5. The van der Waals surface area contributed by atoms with Crippen molar-refractivity contribution in [3.8, 4) is 0 Å². The SMILES string of the molecule is COC(=O)c1nc(Cl)nc2c(C)cccc12. The van der Waals surface area contributed by atoms with Crippen molar-refractivity contribution in [3.63, 3.8) is 0 Å². The summed E-state index contributed by atoms with van der Waals surface area (Å²) in [6.45, 7) is 1.90. The van der Waals surface area contributed by atoms with Gasteiger partial charge < -0.3 is 4.74 Å². The quantitative estimate of drug-likeness (QED) is 0.564.